The van der Waals surface area contributed by atoms with Crippen LogP contribution in [0.1, 0.15) is 56.6 Å². The third-order valence-corrected chi connectivity index (χ3v) is 10.1. The van der Waals surface area contributed by atoms with Crippen LogP contribution in [0.4, 0.5) is 8.78 Å². The Morgan fingerprint density at radius 2 is 1.87 bits per heavy atom. The van der Waals surface area contributed by atoms with Crippen LogP contribution in [0.5, 0.6) is 0 Å². The molecule has 1 amide bonds. The molecule has 1 fully saturated rings. The Hall–Kier alpha value is -2.97. The molecule has 0 aliphatic carbocycles. The highest BCUT2D eigenvalue weighted by Crippen LogP contribution is 2.45. The molecular weight excluding hydrogens is 540 g/mol. The zero-order chi connectivity index (χ0) is 27.6. The van der Waals surface area contributed by atoms with E-state index in [0.717, 1.165) is 39.5 Å². The number of ether oxygens (including phenoxy) is 1. The van der Waals surface area contributed by atoms with E-state index in [9.17, 15) is 17.8 Å². The van der Waals surface area contributed by atoms with Crippen LogP contribution in [0.3, 0.4) is 0 Å². The average molecular weight is 570 g/mol. The minimum Gasteiger partial charge on any atom is -0.369 e. The van der Waals surface area contributed by atoms with Crippen LogP contribution in [-0.4, -0.2) is 40.5 Å². The van der Waals surface area contributed by atoms with Crippen LogP contribution in [-0.2, 0) is 40.6 Å². The number of thiophene rings is 1. The molecule has 2 aromatic carbocycles. The number of hydrogen-bond acceptors (Lipinski definition) is 6. The first-order valence-electron chi connectivity index (χ1n) is 12.9. The lowest BCUT2D eigenvalue weighted by Crippen LogP contribution is -2.45. The van der Waals surface area contributed by atoms with E-state index in [4.69, 9.17) is 10.00 Å². The zero-order valence-corrected chi connectivity index (χ0v) is 23.2. The summed E-state index contributed by atoms with van der Waals surface area (Å²) in [5, 5.41) is 11.9. The lowest BCUT2D eigenvalue weighted by atomic mass is 9.85. The predicted molar refractivity (Wildman–Crippen MR) is 146 cm³/mol. The van der Waals surface area contributed by atoms with Gasteiger partial charge in [0, 0.05) is 47.3 Å². The van der Waals surface area contributed by atoms with Gasteiger partial charge in [-0.1, -0.05) is 19.1 Å². The highest BCUT2D eigenvalue weighted by molar-refractivity contribution is 7.85. The Labute approximate surface area is 233 Å². The SMILES string of the molecule is CCS(=O)c1ccc(CNC(=O)c2cc3c(s2)C2(CCN(Cc4c(F)cc(C#N)cc4F)CC2)OCC3)cc1. The van der Waals surface area contributed by atoms with Gasteiger partial charge < -0.3 is 10.1 Å². The van der Waals surface area contributed by atoms with Crippen molar-refractivity contribution in [1.82, 2.24) is 10.2 Å². The largest absolute Gasteiger partial charge is 0.369 e. The molecule has 3 aromatic rings. The van der Waals surface area contributed by atoms with Crippen molar-refractivity contribution >= 4 is 28.0 Å². The quantitative estimate of drug-likeness (QED) is 0.432. The molecule has 2 aliphatic heterocycles. The first-order chi connectivity index (χ1) is 18.8. The first kappa shape index (κ1) is 27.6. The third-order valence-electron chi connectivity index (χ3n) is 7.41. The third kappa shape index (κ3) is 5.82. The summed E-state index contributed by atoms with van der Waals surface area (Å²) in [5.74, 6) is -0.987. The highest BCUT2D eigenvalue weighted by atomic mass is 32.2. The summed E-state index contributed by atoms with van der Waals surface area (Å²) >= 11 is 1.46. The van der Waals surface area contributed by atoms with E-state index in [1.165, 1.54) is 11.3 Å². The van der Waals surface area contributed by atoms with Crippen LogP contribution in [0.2, 0.25) is 0 Å². The van der Waals surface area contributed by atoms with Crippen molar-refractivity contribution in [3.05, 3.63) is 86.1 Å². The maximum absolute atomic E-state index is 14.4. The fourth-order valence-corrected chi connectivity index (χ4v) is 7.32. The van der Waals surface area contributed by atoms with Crippen molar-refractivity contribution in [2.75, 3.05) is 25.4 Å². The Kier molecular flexibility index (Phi) is 8.24. The van der Waals surface area contributed by atoms with E-state index < -0.39 is 28.0 Å². The highest BCUT2D eigenvalue weighted by Gasteiger charge is 2.43. The molecule has 5 rings (SSSR count). The number of carbonyl (C=O) groups excluding carboxylic acids is 1. The standard InChI is InChI=1S/C29H29F2N3O3S2/c1-2-39(36)22-5-3-19(4-6-22)17-33-28(35)26-15-21-7-12-37-29(27(21)38-26)8-10-34(11-9-29)18-23-24(30)13-20(16-32)14-25(23)31/h3-6,13-15H,2,7-12,17-18H2,1H3,(H,33,35). The predicted octanol–water partition coefficient (Wildman–Crippen LogP) is 5.02. The van der Waals surface area contributed by atoms with Crippen molar-refractivity contribution in [3.8, 4) is 6.07 Å². The molecule has 1 spiro atoms. The Balaban J connectivity index is 1.23. The van der Waals surface area contributed by atoms with Gasteiger partial charge in [-0.3, -0.25) is 13.9 Å². The summed E-state index contributed by atoms with van der Waals surface area (Å²) in [4.78, 5) is 17.5. The molecule has 39 heavy (non-hydrogen) atoms. The summed E-state index contributed by atoms with van der Waals surface area (Å²) in [6.07, 6.45) is 2.06. The lowest BCUT2D eigenvalue weighted by molar-refractivity contribution is -0.0962. The molecule has 2 aliphatic rings. The van der Waals surface area contributed by atoms with Gasteiger partial charge >= 0.3 is 0 Å². The molecule has 0 saturated carbocycles. The topological polar surface area (TPSA) is 82.4 Å². The number of nitriles is 1. The summed E-state index contributed by atoms with van der Waals surface area (Å²) in [6.45, 7) is 4.13. The number of fused-ring (bicyclic) bond motifs is 2. The molecule has 6 nitrogen and oxygen atoms in total. The average Bonchev–Trinajstić information content (AvgIpc) is 3.41. The van der Waals surface area contributed by atoms with Gasteiger partial charge in [-0.15, -0.1) is 11.3 Å². The minimum absolute atomic E-state index is 0.0291. The van der Waals surface area contributed by atoms with E-state index >= 15 is 0 Å². The molecule has 10 heteroatoms. The number of nitrogens with one attached hydrogen (secondary N) is 1. The molecule has 1 unspecified atom stereocenters. The Morgan fingerprint density at radius 3 is 2.51 bits per heavy atom. The van der Waals surface area contributed by atoms with Crippen LogP contribution in [0, 0.1) is 23.0 Å². The van der Waals surface area contributed by atoms with Crippen LogP contribution >= 0.6 is 11.3 Å². The summed E-state index contributed by atoms with van der Waals surface area (Å²) in [7, 11) is -1.00. The molecule has 1 aromatic heterocycles. The van der Waals surface area contributed by atoms with Gasteiger partial charge in [-0.2, -0.15) is 5.26 Å². The molecule has 1 atom stereocenters. The van der Waals surface area contributed by atoms with E-state index in [1.54, 1.807) is 6.07 Å². The second-order valence-electron chi connectivity index (χ2n) is 9.82. The van der Waals surface area contributed by atoms with Gasteiger partial charge in [0.25, 0.3) is 5.91 Å². The first-order valence-corrected chi connectivity index (χ1v) is 15.1. The van der Waals surface area contributed by atoms with Crippen molar-refractivity contribution in [1.29, 1.82) is 5.26 Å². The zero-order valence-electron chi connectivity index (χ0n) is 21.6. The van der Waals surface area contributed by atoms with Crippen molar-refractivity contribution in [2.45, 2.75) is 49.8 Å². The van der Waals surface area contributed by atoms with E-state index in [-0.39, 0.29) is 23.6 Å². The van der Waals surface area contributed by atoms with Crippen molar-refractivity contribution in [2.24, 2.45) is 0 Å². The molecule has 204 valence electrons. The summed E-state index contributed by atoms with van der Waals surface area (Å²) in [6, 6.07) is 13.3. The Bertz CT molecular complexity index is 1420. The fraction of sp³-hybridized carbons (Fsp3) is 0.379. The van der Waals surface area contributed by atoms with Crippen LogP contribution in [0.25, 0.3) is 0 Å². The van der Waals surface area contributed by atoms with Crippen LogP contribution < -0.4 is 5.32 Å². The van der Waals surface area contributed by atoms with Gasteiger partial charge in [0.05, 0.1) is 33.9 Å². The molecule has 1 N–H and O–H groups in total. The van der Waals surface area contributed by atoms with E-state index in [2.05, 4.69) is 5.32 Å². The number of likely N-dealkylation sites (tertiary alicyclic amines) is 1. The number of piperidine rings is 1. The maximum Gasteiger partial charge on any atom is 0.261 e. The molecule has 0 radical (unpaired) electrons. The molecular formula is C29H29F2N3O3S2. The van der Waals surface area contributed by atoms with Gasteiger partial charge in [0.2, 0.25) is 0 Å². The lowest BCUT2D eigenvalue weighted by Gasteiger charge is -2.43. The number of hydrogen-bond donors (Lipinski definition) is 1. The smallest absolute Gasteiger partial charge is 0.261 e. The van der Waals surface area contributed by atoms with Crippen LogP contribution in [0.15, 0.2) is 47.4 Å². The number of benzene rings is 2. The molecule has 3 heterocycles. The van der Waals surface area contributed by atoms with E-state index in [1.807, 2.05) is 42.2 Å². The van der Waals surface area contributed by atoms with Gasteiger partial charge in [-0.25, -0.2) is 8.78 Å². The number of amides is 1. The second kappa shape index (κ2) is 11.6. The second-order valence-corrected chi connectivity index (χ2v) is 12.6. The number of carbonyl (C=O) groups is 1. The number of nitrogens with zero attached hydrogens (tertiary/aromatic N) is 2. The molecule has 0 bridgehead atoms. The monoisotopic (exact) mass is 569 g/mol. The van der Waals surface area contributed by atoms with Gasteiger partial charge in [0.15, 0.2) is 0 Å². The van der Waals surface area contributed by atoms with Crippen molar-refractivity contribution < 1.29 is 22.5 Å². The molecule has 1 saturated heterocycles. The fourth-order valence-electron chi connectivity index (χ4n) is 5.22. The normalized spacial score (nSPS) is 17.4. The summed E-state index contributed by atoms with van der Waals surface area (Å²) < 4.78 is 47.1. The van der Waals surface area contributed by atoms with E-state index in [0.29, 0.717) is 49.7 Å². The minimum atomic E-state index is -1.00. The van der Waals surface area contributed by atoms with Crippen molar-refractivity contribution in [3.63, 3.8) is 0 Å². The van der Waals surface area contributed by atoms with Gasteiger partial charge in [0.1, 0.15) is 17.2 Å². The van der Waals surface area contributed by atoms with Gasteiger partial charge in [-0.05, 0) is 60.7 Å². The number of halogens is 2. The number of rotatable bonds is 7. The Morgan fingerprint density at radius 1 is 1.18 bits per heavy atom. The summed E-state index contributed by atoms with van der Waals surface area (Å²) in [5.41, 5.74) is 1.50. The maximum atomic E-state index is 14.4.